The molecule has 0 saturated carbocycles. The molecule has 0 spiro atoms. The molecule has 4 aromatic carbocycles. The van der Waals surface area contributed by atoms with Crippen molar-refractivity contribution in [3.63, 3.8) is 0 Å². The van der Waals surface area contributed by atoms with E-state index in [4.69, 9.17) is 13.9 Å². The van der Waals surface area contributed by atoms with Crippen LogP contribution in [0.15, 0.2) is 120 Å². The molecule has 0 aliphatic rings. The summed E-state index contributed by atoms with van der Waals surface area (Å²) in [5.74, 6) is 3.03. The minimum atomic E-state index is -3.40. The van der Waals surface area contributed by atoms with E-state index in [1.54, 1.807) is 12.3 Å². The lowest BCUT2D eigenvalue weighted by Gasteiger charge is -2.28. The van der Waals surface area contributed by atoms with E-state index in [1.807, 2.05) is 97.9 Å². The van der Waals surface area contributed by atoms with Gasteiger partial charge in [-0.3, -0.25) is 4.72 Å². The van der Waals surface area contributed by atoms with Gasteiger partial charge in [0.2, 0.25) is 10.0 Å². The van der Waals surface area contributed by atoms with Gasteiger partial charge in [0.15, 0.2) is 0 Å². The summed E-state index contributed by atoms with van der Waals surface area (Å²) in [5, 5.41) is 0. The van der Waals surface area contributed by atoms with Gasteiger partial charge in [0.05, 0.1) is 24.8 Å². The topological polar surface area (TPSA) is 81.0 Å². The Balaban J connectivity index is 1.29. The lowest BCUT2D eigenvalue weighted by molar-refractivity contribution is 0.308. The van der Waals surface area contributed by atoms with Gasteiger partial charge in [-0.05, 0) is 72.1 Å². The SMILES string of the molecule is Cc1c(NS(C)(=O)=O)cccc1N(Cc1ccccc1)Cc1ccc(Oc2cccc(OCCc3ccco3)c2)cc1. The summed E-state index contributed by atoms with van der Waals surface area (Å²) in [7, 11) is -3.40. The zero-order valence-corrected chi connectivity index (χ0v) is 24.5. The number of sulfonamides is 1. The number of rotatable bonds is 13. The van der Waals surface area contributed by atoms with Gasteiger partial charge in [-0.1, -0.05) is 54.6 Å². The van der Waals surface area contributed by atoms with Crippen LogP contribution >= 0.6 is 0 Å². The molecule has 0 bridgehead atoms. The fourth-order valence-corrected chi connectivity index (χ4v) is 5.30. The molecule has 216 valence electrons. The summed E-state index contributed by atoms with van der Waals surface area (Å²) in [6.07, 6.45) is 3.52. The van der Waals surface area contributed by atoms with E-state index in [-0.39, 0.29) is 0 Å². The molecule has 0 aliphatic heterocycles. The second-order valence-corrected chi connectivity index (χ2v) is 11.8. The molecule has 0 fully saturated rings. The minimum absolute atomic E-state index is 0.512. The summed E-state index contributed by atoms with van der Waals surface area (Å²) < 4.78 is 43.9. The van der Waals surface area contributed by atoms with Crippen molar-refractivity contribution >= 4 is 21.4 Å². The van der Waals surface area contributed by atoms with Crippen LogP contribution in [-0.4, -0.2) is 21.3 Å². The lowest BCUT2D eigenvalue weighted by atomic mass is 10.1. The van der Waals surface area contributed by atoms with Crippen molar-refractivity contribution < 1.29 is 22.3 Å². The van der Waals surface area contributed by atoms with Crippen LogP contribution in [0.1, 0.15) is 22.5 Å². The van der Waals surface area contributed by atoms with E-state index in [2.05, 4.69) is 21.8 Å². The highest BCUT2D eigenvalue weighted by Crippen LogP contribution is 2.31. The average Bonchev–Trinajstić information content (AvgIpc) is 3.49. The van der Waals surface area contributed by atoms with E-state index in [1.165, 1.54) is 0 Å². The fraction of sp³-hybridized carbons (Fsp3) is 0.176. The largest absolute Gasteiger partial charge is 0.493 e. The average molecular weight is 583 g/mol. The van der Waals surface area contributed by atoms with Gasteiger partial charge >= 0.3 is 0 Å². The fourth-order valence-electron chi connectivity index (χ4n) is 4.68. The van der Waals surface area contributed by atoms with Gasteiger partial charge in [0.25, 0.3) is 0 Å². The van der Waals surface area contributed by atoms with Gasteiger partial charge in [-0.2, -0.15) is 0 Å². The first-order valence-electron chi connectivity index (χ1n) is 13.7. The first-order chi connectivity index (χ1) is 20.3. The number of anilines is 2. The zero-order chi connectivity index (χ0) is 29.4. The normalized spacial score (nSPS) is 11.2. The second-order valence-electron chi connectivity index (χ2n) is 10.1. The van der Waals surface area contributed by atoms with Crippen molar-refractivity contribution in [2.75, 3.05) is 22.5 Å². The molecule has 1 N–H and O–H groups in total. The van der Waals surface area contributed by atoms with Gasteiger partial charge < -0.3 is 18.8 Å². The van der Waals surface area contributed by atoms with Crippen molar-refractivity contribution in [3.05, 3.63) is 138 Å². The first-order valence-corrected chi connectivity index (χ1v) is 15.6. The molecule has 8 heteroatoms. The van der Waals surface area contributed by atoms with Crippen LogP contribution in [0, 0.1) is 6.92 Å². The molecule has 0 radical (unpaired) electrons. The molecule has 1 heterocycles. The van der Waals surface area contributed by atoms with Crippen molar-refractivity contribution in [3.8, 4) is 17.2 Å². The van der Waals surface area contributed by atoms with E-state index >= 15 is 0 Å². The molecule has 0 saturated heterocycles. The highest BCUT2D eigenvalue weighted by Gasteiger charge is 2.15. The van der Waals surface area contributed by atoms with Gasteiger partial charge in [0, 0.05) is 31.3 Å². The lowest BCUT2D eigenvalue weighted by Crippen LogP contribution is -2.23. The highest BCUT2D eigenvalue weighted by atomic mass is 32.2. The number of nitrogens with zero attached hydrogens (tertiary/aromatic N) is 1. The summed E-state index contributed by atoms with van der Waals surface area (Å²) >= 11 is 0. The molecule has 0 amide bonds. The van der Waals surface area contributed by atoms with Crippen molar-refractivity contribution in [1.29, 1.82) is 0 Å². The second kappa shape index (κ2) is 13.3. The highest BCUT2D eigenvalue weighted by molar-refractivity contribution is 7.92. The van der Waals surface area contributed by atoms with Crippen LogP contribution in [0.25, 0.3) is 0 Å². The van der Waals surface area contributed by atoms with Crippen LogP contribution < -0.4 is 19.1 Å². The summed E-state index contributed by atoms with van der Waals surface area (Å²) in [4.78, 5) is 2.25. The third-order valence-electron chi connectivity index (χ3n) is 6.69. The van der Waals surface area contributed by atoms with Gasteiger partial charge in [-0.15, -0.1) is 0 Å². The van der Waals surface area contributed by atoms with E-state index in [0.29, 0.717) is 37.6 Å². The Kier molecular flexibility index (Phi) is 9.14. The standard InChI is InChI=1S/C34H34N2O5S/c1-26-33(35-42(2,37)38)14-7-15-34(26)36(24-27-9-4-3-5-10-27)25-28-16-18-30(19-17-28)41-32-12-6-11-31(23-32)40-22-20-29-13-8-21-39-29/h3-19,21,23,35H,20,22,24-25H2,1-2H3. The van der Waals surface area contributed by atoms with Crippen LogP contribution in [0.5, 0.6) is 17.2 Å². The maximum Gasteiger partial charge on any atom is 0.229 e. The Labute approximate surface area is 247 Å². The summed E-state index contributed by atoms with van der Waals surface area (Å²) in [6.45, 7) is 3.73. The Bertz CT molecular complexity index is 1690. The van der Waals surface area contributed by atoms with E-state index in [9.17, 15) is 8.42 Å². The Morgan fingerprint density at radius 3 is 2.19 bits per heavy atom. The third-order valence-corrected chi connectivity index (χ3v) is 7.28. The number of ether oxygens (including phenoxy) is 2. The smallest absolute Gasteiger partial charge is 0.229 e. The van der Waals surface area contributed by atoms with E-state index in [0.717, 1.165) is 45.9 Å². The summed E-state index contributed by atoms with van der Waals surface area (Å²) in [6, 6.07) is 35.3. The quantitative estimate of drug-likeness (QED) is 0.154. The van der Waals surface area contributed by atoms with Crippen molar-refractivity contribution in [1.82, 2.24) is 0 Å². The Morgan fingerprint density at radius 2 is 1.48 bits per heavy atom. The molecule has 7 nitrogen and oxygen atoms in total. The zero-order valence-electron chi connectivity index (χ0n) is 23.7. The minimum Gasteiger partial charge on any atom is -0.493 e. The molecule has 0 aliphatic carbocycles. The predicted octanol–water partition coefficient (Wildman–Crippen LogP) is 7.58. The number of hydrogen-bond acceptors (Lipinski definition) is 6. The number of hydrogen-bond donors (Lipinski definition) is 1. The monoisotopic (exact) mass is 582 g/mol. The molecule has 5 aromatic rings. The van der Waals surface area contributed by atoms with Crippen molar-refractivity contribution in [2.24, 2.45) is 0 Å². The molecule has 0 unspecified atom stereocenters. The van der Waals surface area contributed by atoms with Crippen LogP contribution in [0.2, 0.25) is 0 Å². The molecule has 42 heavy (non-hydrogen) atoms. The molecule has 0 atom stereocenters. The number of furan rings is 1. The van der Waals surface area contributed by atoms with E-state index < -0.39 is 10.0 Å². The van der Waals surface area contributed by atoms with Crippen LogP contribution in [-0.2, 0) is 29.5 Å². The predicted molar refractivity (Wildman–Crippen MR) is 167 cm³/mol. The van der Waals surface area contributed by atoms with Crippen LogP contribution in [0.4, 0.5) is 11.4 Å². The Morgan fingerprint density at radius 1 is 0.762 bits per heavy atom. The van der Waals surface area contributed by atoms with Gasteiger partial charge in [0.1, 0.15) is 23.0 Å². The molecular formula is C34H34N2O5S. The van der Waals surface area contributed by atoms with Crippen molar-refractivity contribution in [2.45, 2.75) is 26.4 Å². The maximum absolute atomic E-state index is 11.9. The number of nitrogens with one attached hydrogen (secondary N) is 1. The maximum atomic E-state index is 11.9. The number of benzene rings is 4. The molecule has 1 aromatic heterocycles. The molecular weight excluding hydrogens is 548 g/mol. The third kappa shape index (κ3) is 8.17. The van der Waals surface area contributed by atoms with Gasteiger partial charge in [-0.25, -0.2) is 8.42 Å². The van der Waals surface area contributed by atoms with Crippen LogP contribution in [0.3, 0.4) is 0 Å². The first kappa shape index (κ1) is 28.8. The molecule has 5 rings (SSSR count). The summed E-state index contributed by atoms with van der Waals surface area (Å²) in [5.41, 5.74) is 4.64. The Hall–Kier alpha value is -4.69.